The quantitative estimate of drug-likeness (QED) is 0.731. The predicted octanol–water partition coefficient (Wildman–Crippen LogP) is 2.68. The van der Waals surface area contributed by atoms with E-state index in [4.69, 9.17) is 9.72 Å². The summed E-state index contributed by atoms with van der Waals surface area (Å²) < 4.78 is 7.98. The zero-order valence-electron chi connectivity index (χ0n) is 15.5. The number of methoxy groups -OCH3 is 1. The number of hydrogen-bond acceptors (Lipinski definition) is 6. The Balaban J connectivity index is 1.31. The van der Waals surface area contributed by atoms with E-state index in [9.17, 15) is 4.79 Å². The Morgan fingerprint density at radius 3 is 2.85 bits per heavy atom. The molecule has 1 amide bonds. The summed E-state index contributed by atoms with van der Waals surface area (Å²) >= 11 is 1.75. The molecule has 8 heteroatoms. The van der Waals surface area contributed by atoms with Crippen LogP contribution in [0.15, 0.2) is 30.5 Å². The van der Waals surface area contributed by atoms with E-state index in [-0.39, 0.29) is 5.91 Å². The average Bonchev–Trinajstić information content (AvgIpc) is 3.29. The number of ether oxygens (including phenoxy) is 1. The molecule has 27 heavy (non-hydrogen) atoms. The molecule has 1 aliphatic rings. The van der Waals surface area contributed by atoms with Crippen molar-refractivity contribution in [1.29, 1.82) is 0 Å². The summed E-state index contributed by atoms with van der Waals surface area (Å²) in [5.41, 5.74) is 1.55. The molecule has 1 fully saturated rings. The molecule has 0 radical (unpaired) electrons. The van der Waals surface area contributed by atoms with Crippen molar-refractivity contribution < 1.29 is 9.53 Å². The third kappa shape index (κ3) is 3.75. The summed E-state index contributed by atoms with van der Waals surface area (Å²) in [5, 5.41) is 8.25. The van der Waals surface area contributed by atoms with Gasteiger partial charge in [0.1, 0.15) is 5.56 Å². The highest BCUT2D eigenvalue weighted by Crippen LogP contribution is 2.31. The molecule has 7 nitrogen and oxygen atoms in total. The number of anilines is 1. The van der Waals surface area contributed by atoms with E-state index >= 15 is 0 Å². The lowest BCUT2D eigenvalue weighted by Crippen LogP contribution is -2.38. The van der Waals surface area contributed by atoms with Crippen LogP contribution >= 0.6 is 11.3 Å². The summed E-state index contributed by atoms with van der Waals surface area (Å²) in [6, 6.07) is 8.25. The molecule has 4 rings (SSSR count). The van der Waals surface area contributed by atoms with Crippen LogP contribution in [-0.2, 0) is 7.05 Å². The molecular formula is C19H23N5O2S. The number of rotatable bonds is 5. The van der Waals surface area contributed by atoms with Gasteiger partial charge in [0.2, 0.25) is 5.88 Å². The fourth-order valence-electron chi connectivity index (χ4n) is 3.43. The summed E-state index contributed by atoms with van der Waals surface area (Å²) in [7, 11) is 3.30. The molecule has 0 aliphatic carbocycles. The molecule has 1 aromatic carbocycles. The van der Waals surface area contributed by atoms with Gasteiger partial charge in [-0.1, -0.05) is 23.5 Å². The number of thiazole rings is 1. The van der Waals surface area contributed by atoms with E-state index in [1.165, 1.54) is 11.8 Å². The Morgan fingerprint density at radius 1 is 1.33 bits per heavy atom. The molecule has 0 unspecified atom stereocenters. The van der Waals surface area contributed by atoms with Crippen LogP contribution in [0.2, 0.25) is 0 Å². The van der Waals surface area contributed by atoms with Crippen molar-refractivity contribution in [2.24, 2.45) is 13.0 Å². The van der Waals surface area contributed by atoms with Gasteiger partial charge in [0.25, 0.3) is 5.91 Å². The first-order valence-electron chi connectivity index (χ1n) is 9.10. The number of carbonyl (C=O) groups excluding carboxylic acids is 1. The molecule has 2 aromatic heterocycles. The first kappa shape index (κ1) is 17.8. The molecule has 3 heterocycles. The van der Waals surface area contributed by atoms with Crippen LogP contribution in [0.25, 0.3) is 10.2 Å². The van der Waals surface area contributed by atoms with Crippen LogP contribution in [0.3, 0.4) is 0 Å². The first-order chi connectivity index (χ1) is 13.1. The van der Waals surface area contributed by atoms with Gasteiger partial charge in [-0.3, -0.25) is 9.48 Å². The lowest BCUT2D eigenvalue weighted by Gasteiger charge is -2.31. The maximum Gasteiger partial charge on any atom is 0.258 e. The van der Waals surface area contributed by atoms with E-state index < -0.39 is 0 Å². The monoisotopic (exact) mass is 385 g/mol. The van der Waals surface area contributed by atoms with Gasteiger partial charge in [-0.25, -0.2) is 4.98 Å². The number of fused-ring (bicyclic) bond motifs is 1. The highest BCUT2D eigenvalue weighted by atomic mass is 32.1. The number of amides is 1. The number of nitrogens with one attached hydrogen (secondary N) is 1. The number of carbonyl (C=O) groups is 1. The molecule has 1 N–H and O–H groups in total. The smallest absolute Gasteiger partial charge is 0.258 e. The Hall–Kier alpha value is -2.61. The summed E-state index contributed by atoms with van der Waals surface area (Å²) in [5.74, 6) is 0.705. The van der Waals surface area contributed by atoms with Crippen LogP contribution < -0.4 is 15.0 Å². The van der Waals surface area contributed by atoms with Crippen LogP contribution in [0.5, 0.6) is 5.88 Å². The van der Waals surface area contributed by atoms with Crippen molar-refractivity contribution in [3.63, 3.8) is 0 Å². The molecule has 0 atom stereocenters. The van der Waals surface area contributed by atoms with Crippen molar-refractivity contribution in [3.8, 4) is 5.88 Å². The topological polar surface area (TPSA) is 72.3 Å². The second-order valence-corrected chi connectivity index (χ2v) is 7.84. The van der Waals surface area contributed by atoms with Gasteiger partial charge >= 0.3 is 0 Å². The molecule has 142 valence electrons. The first-order valence-corrected chi connectivity index (χ1v) is 9.92. The van der Waals surface area contributed by atoms with Gasteiger partial charge in [-0.05, 0) is 30.9 Å². The van der Waals surface area contributed by atoms with Gasteiger partial charge in [-0.15, -0.1) is 5.10 Å². The van der Waals surface area contributed by atoms with E-state index in [0.717, 1.165) is 36.6 Å². The molecule has 3 aromatic rings. The summed E-state index contributed by atoms with van der Waals surface area (Å²) in [4.78, 5) is 19.5. The van der Waals surface area contributed by atoms with Crippen molar-refractivity contribution in [2.45, 2.75) is 12.8 Å². The number of nitrogens with zero attached hydrogens (tertiary/aromatic N) is 4. The van der Waals surface area contributed by atoms with Gasteiger partial charge < -0.3 is 15.0 Å². The number of para-hydroxylation sites is 1. The summed E-state index contributed by atoms with van der Waals surface area (Å²) in [6.45, 7) is 2.61. The maximum absolute atomic E-state index is 12.4. The maximum atomic E-state index is 12.4. The number of piperidine rings is 1. The van der Waals surface area contributed by atoms with Gasteiger partial charge in [0, 0.05) is 32.9 Å². The van der Waals surface area contributed by atoms with E-state index in [0.29, 0.717) is 23.9 Å². The molecule has 1 aliphatic heterocycles. The predicted molar refractivity (Wildman–Crippen MR) is 107 cm³/mol. The average molecular weight is 385 g/mol. The van der Waals surface area contributed by atoms with E-state index in [2.05, 4.69) is 33.5 Å². The number of aromatic nitrogens is 3. The molecule has 1 saturated heterocycles. The zero-order chi connectivity index (χ0) is 18.8. The van der Waals surface area contributed by atoms with Crippen molar-refractivity contribution in [2.75, 3.05) is 31.6 Å². The van der Waals surface area contributed by atoms with Crippen LogP contribution in [0, 0.1) is 5.92 Å². The lowest BCUT2D eigenvalue weighted by atomic mass is 9.97. The van der Waals surface area contributed by atoms with Crippen LogP contribution in [0.1, 0.15) is 23.2 Å². The largest absolute Gasteiger partial charge is 0.479 e. The highest BCUT2D eigenvalue weighted by Gasteiger charge is 2.23. The van der Waals surface area contributed by atoms with Crippen molar-refractivity contribution in [3.05, 3.63) is 36.0 Å². The minimum atomic E-state index is -0.131. The minimum absolute atomic E-state index is 0.131. The lowest BCUT2D eigenvalue weighted by molar-refractivity contribution is 0.0942. The van der Waals surface area contributed by atoms with Crippen LogP contribution in [-0.4, -0.2) is 47.4 Å². The van der Waals surface area contributed by atoms with E-state index in [1.54, 1.807) is 29.3 Å². The fraction of sp³-hybridized carbons (Fsp3) is 0.421. The Morgan fingerprint density at radius 2 is 2.11 bits per heavy atom. The third-order valence-corrected chi connectivity index (χ3v) is 6.05. The third-order valence-electron chi connectivity index (χ3n) is 4.95. The number of hydrogen-bond donors (Lipinski definition) is 1. The molecule has 0 spiro atoms. The summed E-state index contributed by atoms with van der Waals surface area (Å²) in [6.07, 6.45) is 3.77. The Kier molecular flexibility index (Phi) is 4.98. The molecular weight excluding hydrogens is 362 g/mol. The van der Waals surface area contributed by atoms with Crippen molar-refractivity contribution in [1.82, 2.24) is 20.1 Å². The number of aryl methyl sites for hydroxylation is 1. The zero-order valence-corrected chi connectivity index (χ0v) is 16.3. The highest BCUT2D eigenvalue weighted by molar-refractivity contribution is 7.22. The Labute approximate surface area is 162 Å². The molecule has 0 saturated carbocycles. The Bertz CT molecular complexity index is 910. The second-order valence-electron chi connectivity index (χ2n) is 6.83. The normalized spacial score (nSPS) is 15.3. The van der Waals surface area contributed by atoms with Gasteiger partial charge in [0.15, 0.2) is 5.13 Å². The number of benzene rings is 1. The standard InChI is InChI=1S/C19H23N5O2S/c1-23-12-14(18(22-23)26-2)17(25)20-11-13-7-9-24(10-8-13)19-21-15-5-3-4-6-16(15)27-19/h3-6,12-13H,7-11H2,1-2H3,(H,20,25). The van der Waals surface area contributed by atoms with Crippen molar-refractivity contribution >= 4 is 32.6 Å². The van der Waals surface area contributed by atoms with E-state index in [1.807, 2.05) is 6.07 Å². The van der Waals surface area contributed by atoms with Gasteiger partial charge in [-0.2, -0.15) is 0 Å². The van der Waals surface area contributed by atoms with Crippen LogP contribution in [0.4, 0.5) is 5.13 Å². The van der Waals surface area contributed by atoms with Gasteiger partial charge in [0.05, 0.1) is 17.3 Å². The SMILES string of the molecule is COc1nn(C)cc1C(=O)NCC1CCN(c2nc3ccccc3s2)CC1. The molecule has 0 bridgehead atoms. The minimum Gasteiger partial charge on any atom is -0.479 e. The fourth-order valence-corrected chi connectivity index (χ4v) is 4.45. The second kappa shape index (κ2) is 7.56.